The molecule has 1 aliphatic heterocycles. The lowest BCUT2D eigenvalue weighted by Gasteiger charge is -2.43. The summed E-state index contributed by atoms with van der Waals surface area (Å²) in [5, 5.41) is 7.31. The third-order valence-corrected chi connectivity index (χ3v) is 3.75. The number of rotatable bonds is 0. The Hall–Kier alpha value is -1.18. The molecule has 1 aliphatic carbocycles. The minimum atomic E-state index is 0.340. The zero-order chi connectivity index (χ0) is 10.1. The van der Waals surface area contributed by atoms with Crippen molar-refractivity contribution >= 4 is 11.4 Å². The Morgan fingerprint density at radius 1 is 0.933 bits per heavy atom. The van der Waals surface area contributed by atoms with E-state index in [4.69, 9.17) is 0 Å². The zero-order valence-electron chi connectivity index (χ0n) is 9.05. The van der Waals surface area contributed by atoms with Crippen molar-refractivity contribution < 1.29 is 0 Å². The van der Waals surface area contributed by atoms with E-state index < -0.39 is 0 Å². The molecule has 2 nitrogen and oxygen atoms in total. The van der Waals surface area contributed by atoms with Crippen LogP contribution in [0.1, 0.15) is 32.1 Å². The Balaban J connectivity index is 1.87. The summed E-state index contributed by atoms with van der Waals surface area (Å²) in [6.07, 6.45) is 6.78. The average Bonchev–Trinajstić information content (AvgIpc) is 2.30. The third kappa shape index (κ3) is 1.58. The van der Waals surface area contributed by atoms with Gasteiger partial charge in [-0.25, -0.2) is 0 Å². The molecule has 1 aromatic rings. The third-order valence-electron chi connectivity index (χ3n) is 3.75. The van der Waals surface area contributed by atoms with Crippen LogP contribution < -0.4 is 10.6 Å². The molecule has 3 rings (SSSR count). The quantitative estimate of drug-likeness (QED) is 0.675. The molecule has 15 heavy (non-hydrogen) atoms. The standard InChI is InChI=1S/C13H18N2/c1-4-8-13(9-5-1)10-14-11-6-2-3-7-12(11)15-13/h2-3,6-7,14-15H,1,4-5,8-10H2. The Morgan fingerprint density at radius 3 is 2.47 bits per heavy atom. The molecular weight excluding hydrogens is 184 g/mol. The Morgan fingerprint density at radius 2 is 1.67 bits per heavy atom. The number of para-hydroxylation sites is 2. The van der Waals surface area contributed by atoms with E-state index in [9.17, 15) is 0 Å². The van der Waals surface area contributed by atoms with Gasteiger partial charge in [0.15, 0.2) is 0 Å². The normalized spacial score (nSPS) is 22.7. The van der Waals surface area contributed by atoms with Crippen LogP contribution in [0.4, 0.5) is 11.4 Å². The van der Waals surface area contributed by atoms with E-state index in [1.807, 2.05) is 0 Å². The lowest BCUT2D eigenvalue weighted by molar-refractivity contribution is 0.334. The first-order valence-electron chi connectivity index (χ1n) is 5.99. The van der Waals surface area contributed by atoms with Crippen molar-refractivity contribution in [3.8, 4) is 0 Å². The second-order valence-corrected chi connectivity index (χ2v) is 4.87. The SMILES string of the molecule is c1ccc2c(c1)NCC1(CCCCC1)N2. The van der Waals surface area contributed by atoms with Gasteiger partial charge in [-0.15, -0.1) is 0 Å². The Bertz CT molecular complexity index is 353. The van der Waals surface area contributed by atoms with Gasteiger partial charge < -0.3 is 10.6 Å². The molecule has 1 spiro atoms. The fraction of sp³-hybridized carbons (Fsp3) is 0.538. The van der Waals surface area contributed by atoms with Crippen LogP contribution in [0.3, 0.4) is 0 Å². The van der Waals surface area contributed by atoms with E-state index in [-0.39, 0.29) is 0 Å². The van der Waals surface area contributed by atoms with Gasteiger partial charge in [0, 0.05) is 6.54 Å². The van der Waals surface area contributed by atoms with Gasteiger partial charge >= 0.3 is 0 Å². The van der Waals surface area contributed by atoms with E-state index in [2.05, 4.69) is 34.9 Å². The number of benzene rings is 1. The van der Waals surface area contributed by atoms with Gasteiger partial charge in [0.1, 0.15) is 0 Å². The molecule has 0 amide bonds. The van der Waals surface area contributed by atoms with Crippen molar-refractivity contribution in [2.45, 2.75) is 37.6 Å². The fourth-order valence-electron chi connectivity index (χ4n) is 2.87. The van der Waals surface area contributed by atoms with Gasteiger partial charge in [-0.1, -0.05) is 31.4 Å². The summed E-state index contributed by atoms with van der Waals surface area (Å²) in [5.74, 6) is 0. The first-order chi connectivity index (χ1) is 7.38. The second kappa shape index (κ2) is 3.44. The predicted octanol–water partition coefficient (Wildman–Crippen LogP) is 3.23. The summed E-state index contributed by atoms with van der Waals surface area (Å²) in [6, 6.07) is 8.53. The second-order valence-electron chi connectivity index (χ2n) is 4.87. The van der Waals surface area contributed by atoms with Gasteiger partial charge in [-0.05, 0) is 25.0 Å². The van der Waals surface area contributed by atoms with Crippen molar-refractivity contribution in [3.05, 3.63) is 24.3 Å². The topological polar surface area (TPSA) is 24.1 Å². The van der Waals surface area contributed by atoms with Crippen LogP contribution in [0.5, 0.6) is 0 Å². The molecule has 0 radical (unpaired) electrons. The number of fused-ring (bicyclic) bond motifs is 1. The van der Waals surface area contributed by atoms with Crippen molar-refractivity contribution in [2.24, 2.45) is 0 Å². The molecule has 1 aromatic carbocycles. The molecule has 1 heterocycles. The predicted molar refractivity (Wildman–Crippen MR) is 64.4 cm³/mol. The molecule has 1 saturated carbocycles. The highest BCUT2D eigenvalue weighted by molar-refractivity contribution is 5.72. The van der Waals surface area contributed by atoms with Crippen molar-refractivity contribution in [1.82, 2.24) is 0 Å². The highest BCUT2D eigenvalue weighted by Gasteiger charge is 2.34. The van der Waals surface area contributed by atoms with Gasteiger partial charge in [0.05, 0.1) is 16.9 Å². The first kappa shape index (κ1) is 9.08. The highest BCUT2D eigenvalue weighted by atomic mass is 15.1. The lowest BCUT2D eigenvalue weighted by atomic mass is 9.80. The summed E-state index contributed by atoms with van der Waals surface area (Å²) in [4.78, 5) is 0. The number of nitrogens with one attached hydrogen (secondary N) is 2. The molecule has 2 N–H and O–H groups in total. The molecule has 2 heteroatoms. The molecular formula is C13H18N2. The summed E-state index contributed by atoms with van der Waals surface area (Å²) >= 11 is 0. The molecule has 0 saturated heterocycles. The largest absolute Gasteiger partial charge is 0.381 e. The Labute approximate surface area is 91.1 Å². The molecule has 1 fully saturated rings. The van der Waals surface area contributed by atoms with Crippen LogP contribution >= 0.6 is 0 Å². The van der Waals surface area contributed by atoms with E-state index >= 15 is 0 Å². The molecule has 0 bridgehead atoms. The van der Waals surface area contributed by atoms with Crippen LogP contribution in [-0.4, -0.2) is 12.1 Å². The Kier molecular flexibility index (Phi) is 2.08. The van der Waals surface area contributed by atoms with E-state index in [1.54, 1.807) is 0 Å². The van der Waals surface area contributed by atoms with Gasteiger partial charge in [-0.3, -0.25) is 0 Å². The van der Waals surface area contributed by atoms with Gasteiger partial charge in [0.2, 0.25) is 0 Å². The van der Waals surface area contributed by atoms with E-state index in [0.717, 1.165) is 6.54 Å². The van der Waals surface area contributed by atoms with Crippen LogP contribution in [0.25, 0.3) is 0 Å². The van der Waals surface area contributed by atoms with Crippen LogP contribution in [-0.2, 0) is 0 Å². The van der Waals surface area contributed by atoms with Crippen LogP contribution in [0, 0.1) is 0 Å². The first-order valence-corrected chi connectivity index (χ1v) is 5.99. The minimum absolute atomic E-state index is 0.340. The summed E-state index contributed by atoms with van der Waals surface area (Å²) in [7, 11) is 0. The lowest BCUT2D eigenvalue weighted by Crippen LogP contribution is -2.49. The fourth-order valence-corrected chi connectivity index (χ4v) is 2.87. The number of anilines is 2. The van der Waals surface area contributed by atoms with Crippen molar-refractivity contribution in [3.63, 3.8) is 0 Å². The zero-order valence-corrected chi connectivity index (χ0v) is 9.05. The van der Waals surface area contributed by atoms with Crippen LogP contribution in [0.15, 0.2) is 24.3 Å². The maximum absolute atomic E-state index is 3.75. The number of hydrogen-bond acceptors (Lipinski definition) is 2. The molecule has 2 aliphatic rings. The smallest absolute Gasteiger partial charge is 0.0580 e. The molecule has 0 aromatic heterocycles. The summed E-state index contributed by atoms with van der Waals surface area (Å²) in [5.41, 5.74) is 2.88. The van der Waals surface area contributed by atoms with Gasteiger partial charge in [-0.2, -0.15) is 0 Å². The maximum atomic E-state index is 3.75. The average molecular weight is 202 g/mol. The van der Waals surface area contributed by atoms with Crippen LogP contribution in [0.2, 0.25) is 0 Å². The monoisotopic (exact) mass is 202 g/mol. The minimum Gasteiger partial charge on any atom is -0.381 e. The van der Waals surface area contributed by atoms with E-state index in [1.165, 1.54) is 43.5 Å². The maximum Gasteiger partial charge on any atom is 0.0580 e. The molecule has 80 valence electrons. The number of hydrogen-bond donors (Lipinski definition) is 2. The summed E-state index contributed by atoms with van der Waals surface area (Å²) in [6.45, 7) is 1.09. The van der Waals surface area contributed by atoms with Crippen molar-refractivity contribution in [1.29, 1.82) is 0 Å². The van der Waals surface area contributed by atoms with E-state index in [0.29, 0.717) is 5.54 Å². The van der Waals surface area contributed by atoms with Crippen molar-refractivity contribution in [2.75, 3.05) is 17.2 Å². The highest BCUT2D eigenvalue weighted by Crippen LogP contribution is 2.37. The molecule has 0 atom stereocenters. The summed E-state index contributed by atoms with van der Waals surface area (Å²) < 4.78 is 0. The molecule has 0 unspecified atom stereocenters. The van der Waals surface area contributed by atoms with Gasteiger partial charge in [0.25, 0.3) is 0 Å².